The molecule has 5 nitrogen and oxygen atoms in total. The van der Waals surface area contributed by atoms with E-state index in [0.29, 0.717) is 22.9 Å². The van der Waals surface area contributed by atoms with Crippen LogP contribution in [0.3, 0.4) is 0 Å². The summed E-state index contributed by atoms with van der Waals surface area (Å²) in [5, 5.41) is 3.40. The van der Waals surface area contributed by atoms with E-state index >= 15 is 0 Å². The summed E-state index contributed by atoms with van der Waals surface area (Å²) >= 11 is 5.81. The molecule has 25 heavy (non-hydrogen) atoms. The van der Waals surface area contributed by atoms with Crippen LogP contribution in [0.5, 0.6) is 5.75 Å². The zero-order valence-electron chi connectivity index (χ0n) is 13.9. The van der Waals surface area contributed by atoms with E-state index < -0.39 is 0 Å². The van der Waals surface area contributed by atoms with Crippen molar-refractivity contribution < 1.29 is 14.3 Å². The van der Waals surface area contributed by atoms with Crippen LogP contribution >= 0.6 is 11.6 Å². The first-order valence-electron chi connectivity index (χ1n) is 8.13. The van der Waals surface area contributed by atoms with E-state index in [2.05, 4.69) is 5.32 Å². The number of nitrogens with zero attached hydrogens (tertiary/aromatic N) is 1. The molecule has 0 aromatic heterocycles. The van der Waals surface area contributed by atoms with Gasteiger partial charge in [0.2, 0.25) is 5.91 Å². The lowest BCUT2D eigenvalue weighted by molar-refractivity contribution is -0.118. The number of halogens is 1. The van der Waals surface area contributed by atoms with Gasteiger partial charge in [0.05, 0.1) is 0 Å². The number of carbonyl (C=O) groups excluding carboxylic acids is 2. The van der Waals surface area contributed by atoms with Crippen LogP contribution in [0, 0.1) is 0 Å². The molecule has 2 aromatic rings. The Balaban J connectivity index is 1.60. The van der Waals surface area contributed by atoms with Gasteiger partial charge in [0.25, 0.3) is 5.91 Å². The molecule has 1 aliphatic heterocycles. The van der Waals surface area contributed by atoms with E-state index in [4.69, 9.17) is 16.3 Å². The number of benzene rings is 2. The summed E-state index contributed by atoms with van der Waals surface area (Å²) in [6.45, 7) is 1.92. The molecule has 1 saturated heterocycles. The van der Waals surface area contributed by atoms with Crippen LogP contribution in [0.15, 0.2) is 48.5 Å². The highest BCUT2D eigenvalue weighted by Gasteiger charge is 2.28. The first-order valence-corrected chi connectivity index (χ1v) is 8.51. The fourth-order valence-electron chi connectivity index (χ4n) is 2.84. The summed E-state index contributed by atoms with van der Waals surface area (Å²) in [4.78, 5) is 25.9. The smallest absolute Gasteiger partial charge is 0.262 e. The van der Waals surface area contributed by atoms with E-state index in [1.807, 2.05) is 19.1 Å². The highest BCUT2D eigenvalue weighted by Crippen LogP contribution is 2.28. The van der Waals surface area contributed by atoms with Gasteiger partial charge in [0, 0.05) is 28.9 Å². The van der Waals surface area contributed by atoms with Crippen LogP contribution in [0.1, 0.15) is 19.8 Å². The molecule has 0 aliphatic carbocycles. The van der Waals surface area contributed by atoms with Gasteiger partial charge in [-0.25, -0.2) is 0 Å². The van der Waals surface area contributed by atoms with Crippen molar-refractivity contribution in [1.82, 2.24) is 0 Å². The molecule has 130 valence electrons. The molecule has 0 spiro atoms. The molecule has 0 bridgehead atoms. The van der Waals surface area contributed by atoms with Crippen LogP contribution in [0.25, 0.3) is 0 Å². The molecule has 2 aromatic carbocycles. The van der Waals surface area contributed by atoms with Crippen molar-refractivity contribution in [2.75, 3.05) is 16.8 Å². The SMILES string of the molecule is CC1CCC(=O)N1c1cccc(NC(=O)COc2ccc(Cl)cc2)c1. The number of ether oxygens (including phenoxy) is 1. The molecular formula is C19H19ClN2O3. The second kappa shape index (κ2) is 7.57. The summed E-state index contributed by atoms with van der Waals surface area (Å²) in [6.07, 6.45) is 1.41. The Hall–Kier alpha value is -2.53. The number of hydrogen-bond donors (Lipinski definition) is 1. The predicted octanol–water partition coefficient (Wildman–Crippen LogP) is 3.87. The van der Waals surface area contributed by atoms with Gasteiger partial charge in [-0.05, 0) is 55.8 Å². The predicted molar refractivity (Wildman–Crippen MR) is 98.2 cm³/mol. The first kappa shape index (κ1) is 17.3. The standard InChI is InChI=1S/C19H19ClN2O3/c1-13-5-10-19(24)22(13)16-4-2-3-15(11-16)21-18(23)12-25-17-8-6-14(20)7-9-17/h2-4,6-9,11,13H,5,10,12H2,1H3,(H,21,23). The normalized spacial score (nSPS) is 16.8. The van der Waals surface area contributed by atoms with Crippen LogP contribution in [0.4, 0.5) is 11.4 Å². The Kier molecular flexibility index (Phi) is 5.24. The summed E-state index contributed by atoms with van der Waals surface area (Å²) in [5.41, 5.74) is 1.43. The molecule has 1 N–H and O–H groups in total. The third-order valence-electron chi connectivity index (χ3n) is 4.08. The van der Waals surface area contributed by atoms with Gasteiger partial charge in [-0.15, -0.1) is 0 Å². The fraction of sp³-hybridized carbons (Fsp3) is 0.263. The van der Waals surface area contributed by atoms with Crippen molar-refractivity contribution in [3.05, 3.63) is 53.6 Å². The average Bonchev–Trinajstić information content (AvgIpc) is 2.93. The minimum atomic E-state index is -0.270. The third kappa shape index (κ3) is 4.31. The number of hydrogen-bond acceptors (Lipinski definition) is 3. The molecule has 1 aliphatic rings. The Labute approximate surface area is 151 Å². The van der Waals surface area contributed by atoms with Crippen molar-refractivity contribution >= 4 is 34.8 Å². The van der Waals surface area contributed by atoms with Gasteiger partial charge in [-0.1, -0.05) is 17.7 Å². The zero-order chi connectivity index (χ0) is 17.8. The second-order valence-electron chi connectivity index (χ2n) is 5.99. The highest BCUT2D eigenvalue weighted by atomic mass is 35.5. The summed E-state index contributed by atoms with van der Waals surface area (Å²) in [5.74, 6) is 0.416. The van der Waals surface area contributed by atoms with Crippen molar-refractivity contribution in [2.45, 2.75) is 25.8 Å². The van der Waals surface area contributed by atoms with Gasteiger partial charge in [-0.3, -0.25) is 9.59 Å². The molecule has 1 fully saturated rings. The number of carbonyl (C=O) groups is 2. The zero-order valence-corrected chi connectivity index (χ0v) is 14.6. The van der Waals surface area contributed by atoms with Gasteiger partial charge < -0.3 is 15.0 Å². The maximum absolute atomic E-state index is 12.1. The molecular weight excluding hydrogens is 340 g/mol. The Bertz CT molecular complexity index is 776. The molecule has 0 saturated carbocycles. The Morgan fingerprint density at radius 2 is 2.04 bits per heavy atom. The minimum Gasteiger partial charge on any atom is -0.484 e. The molecule has 1 atom stereocenters. The summed E-state index contributed by atoms with van der Waals surface area (Å²) in [7, 11) is 0. The van der Waals surface area contributed by atoms with Gasteiger partial charge in [-0.2, -0.15) is 0 Å². The molecule has 2 amide bonds. The average molecular weight is 359 g/mol. The maximum atomic E-state index is 12.1. The van der Waals surface area contributed by atoms with E-state index in [1.54, 1.807) is 41.3 Å². The van der Waals surface area contributed by atoms with Crippen molar-refractivity contribution in [1.29, 1.82) is 0 Å². The molecule has 1 unspecified atom stereocenters. The quantitative estimate of drug-likeness (QED) is 0.882. The summed E-state index contributed by atoms with van der Waals surface area (Å²) in [6, 6.07) is 14.3. The second-order valence-corrected chi connectivity index (χ2v) is 6.43. The van der Waals surface area contributed by atoms with E-state index in [1.165, 1.54) is 0 Å². The number of rotatable bonds is 5. The third-order valence-corrected chi connectivity index (χ3v) is 4.33. The van der Waals surface area contributed by atoms with Gasteiger partial charge in [0.15, 0.2) is 6.61 Å². The summed E-state index contributed by atoms with van der Waals surface area (Å²) < 4.78 is 5.42. The van der Waals surface area contributed by atoms with Gasteiger partial charge >= 0.3 is 0 Å². The van der Waals surface area contributed by atoms with E-state index in [-0.39, 0.29) is 24.5 Å². The lowest BCUT2D eigenvalue weighted by Crippen LogP contribution is -2.30. The van der Waals surface area contributed by atoms with Crippen LogP contribution in [-0.2, 0) is 9.59 Å². The lowest BCUT2D eigenvalue weighted by Gasteiger charge is -2.22. The first-order chi connectivity index (χ1) is 12.0. The monoisotopic (exact) mass is 358 g/mol. The van der Waals surface area contributed by atoms with Crippen molar-refractivity contribution in [3.63, 3.8) is 0 Å². The Morgan fingerprint density at radius 1 is 1.28 bits per heavy atom. The number of anilines is 2. The van der Waals surface area contributed by atoms with Crippen molar-refractivity contribution in [2.24, 2.45) is 0 Å². The number of amides is 2. The maximum Gasteiger partial charge on any atom is 0.262 e. The fourth-order valence-corrected chi connectivity index (χ4v) is 2.96. The van der Waals surface area contributed by atoms with Crippen LogP contribution in [-0.4, -0.2) is 24.5 Å². The van der Waals surface area contributed by atoms with Gasteiger partial charge in [0.1, 0.15) is 5.75 Å². The lowest BCUT2D eigenvalue weighted by atomic mass is 10.2. The highest BCUT2D eigenvalue weighted by molar-refractivity contribution is 6.30. The number of nitrogens with one attached hydrogen (secondary N) is 1. The molecule has 3 rings (SSSR count). The van der Waals surface area contributed by atoms with Crippen LogP contribution < -0.4 is 15.0 Å². The topological polar surface area (TPSA) is 58.6 Å². The Morgan fingerprint density at radius 3 is 2.72 bits per heavy atom. The molecule has 6 heteroatoms. The van der Waals surface area contributed by atoms with Crippen LogP contribution in [0.2, 0.25) is 5.02 Å². The largest absolute Gasteiger partial charge is 0.484 e. The van der Waals surface area contributed by atoms with E-state index in [0.717, 1.165) is 12.1 Å². The minimum absolute atomic E-state index is 0.106. The molecule has 0 radical (unpaired) electrons. The van der Waals surface area contributed by atoms with Crippen molar-refractivity contribution in [3.8, 4) is 5.75 Å². The molecule has 1 heterocycles. The van der Waals surface area contributed by atoms with E-state index in [9.17, 15) is 9.59 Å².